The average molecular weight is 781 g/mol. The third-order valence-electron chi connectivity index (χ3n) is 6.90. The van der Waals surface area contributed by atoms with Crippen molar-refractivity contribution in [1.29, 1.82) is 0 Å². The van der Waals surface area contributed by atoms with E-state index in [4.69, 9.17) is 34.3 Å². The van der Waals surface area contributed by atoms with Gasteiger partial charge in [0.05, 0.1) is 24.9 Å². The van der Waals surface area contributed by atoms with E-state index >= 15 is 0 Å². The van der Waals surface area contributed by atoms with Gasteiger partial charge in [0.25, 0.3) is 0 Å². The molecule has 2 aromatic rings. The highest BCUT2D eigenvalue weighted by Gasteiger charge is 2.44. The van der Waals surface area contributed by atoms with Crippen LogP contribution in [0.4, 0.5) is 10.6 Å². The van der Waals surface area contributed by atoms with Gasteiger partial charge in [-0.15, -0.1) is 0 Å². The Kier molecular flexibility index (Phi) is 13.6. The molecule has 2 aliphatic rings. The Morgan fingerprint density at radius 1 is 1.10 bits per heavy atom. The third-order valence-corrected chi connectivity index (χ3v) is 15.0. The maximum Gasteiger partial charge on any atom is 0.490 e. The van der Waals surface area contributed by atoms with Crippen LogP contribution in [0.3, 0.4) is 0 Å². The van der Waals surface area contributed by atoms with Crippen molar-refractivity contribution in [1.82, 2.24) is 24.8 Å². The molecule has 4 rings (SSSR count). The van der Waals surface area contributed by atoms with Gasteiger partial charge in [-0.2, -0.15) is 17.7 Å². The lowest BCUT2D eigenvalue weighted by Crippen LogP contribution is -2.31. The number of hydrogen-bond acceptors (Lipinski definition) is 15. The Labute approximate surface area is 280 Å². The van der Waals surface area contributed by atoms with Gasteiger partial charge in [0, 0.05) is 6.42 Å². The number of carbonyl (C=O) groups excluding carboxylic acids is 1. The first-order chi connectivity index (χ1) is 22.4. The molecule has 48 heavy (non-hydrogen) atoms. The molecule has 1 fully saturated rings. The number of phosphoric acid groups is 3. The zero-order chi connectivity index (χ0) is 35.2. The Morgan fingerprint density at radius 2 is 1.85 bits per heavy atom. The average Bonchev–Trinajstić information content (AvgIpc) is 3.55. The third kappa shape index (κ3) is 12.3. The predicted molar refractivity (Wildman–Crippen MR) is 175 cm³/mol. The van der Waals surface area contributed by atoms with Crippen molar-refractivity contribution in [3.63, 3.8) is 0 Å². The van der Waals surface area contributed by atoms with Crippen LogP contribution >= 0.6 is 43.3 Å². The molecule has 3 heterocycles. The van der Waals surface area contributed by atoms with Gasteiger partial charge in [0.1, 0.15) is 36.2 Å². The molecule has 1 amide bonds. The molecule has 20 nitrogen and oxygen atoms in total. The molecule has 7 N–H and O–H groups in total. The van der Waals surface area contributed by atoms with Gasteiger partial charge < -0.3 is 44.8 Å². The first kappa shape index (κ1) is 39.2. The Hall–Kier alpha value is -1.61. The van der Waals surface area contributed by atoms with Crippen molar-refractivity contribution in [2.75, 3.05) is 36.7 Å². The molecule has 2 aromatic heterocycles. The number of nitrogen functional groups attached to an aromatic ring is 1. The summed E-state index contributed by atoms with van der Waals surface area (Å²) in [7, 11) is -16.8. The van der Waals surface area contributed by atoms with Gasteiger partial charge in [-0.1, -0.05) is 22.9 Å². The number of anilines is 1. The van der Waals surface area contributed by atoms with Crippen LogP contribution in [-0.4, -0.2) is 94.4 Å². The molecule has 25 heteroatoms. The summed E-state index contributed by atoms with van der Waals surface area (Å²) in [4.78, 5) is 61.8. The number of phosphoric ester groups is 1. The van der Waals surface area contributed by atoms with E-state index in [1.54, 1.807) is 4.57 Å². The molecular formula is C23H39N6O14P3S2. The number of allylic oxidation sites excluding steroid dienone is 2. The second kappa shape index (κ2) is 16.6. The lowest BCUT2D eigenvalue weighted by Gasteiger charge is -2.31. The molecule has 4 unspecified atom stereocenters. The monoisotopic (exact) mass is 780 g/mol. The van der Waals surface area contributed by atoms with Gasteiger partial charge in [-0.3, -0.25) is 9.09 Å². The minimum atomic E-state index is -5.71. The highest BCUT2D eigenvalue weighted by Crippen LogP contribution is 2.66. The first-order valence-corrected chi connectivity index (χ1v) is 23.0. The predicted octanol–water partition coefficient (Wildman–Crippen LogP) is 3.67. The van der Waals surface area contributed by atoms with Crippen LogP contribution in [-0.2, 0) is 41.1 Å². The molecule has 0 saturated carbocycles. The zero-order valence-electron chi connectivity index (χ0n) is 25.9. The van der Waals surface area contributed by atoms with E-state index in [1.165, 1.54) is 23.4 Å². The summed E-state index contributed by atoms with van der Waals surface area (Å²) in [5, 5.41) is 2.84. The number of carbonyl (C=O) groups is 1. The minimum absolute atomic E-state index is 0.111. The zero-order valence-corrected chi connectivity index (χ0v) is 30.2. The van der Waals surface area contributed by atoms with Crippen molar-refractivity contribution >= 4 is 66.4 Å². The maximum atomic E-state index is 12.5. The standard InChI is InChI=1S/C23H39N6O14P3S2/c1-48(2,14-28-23(30)40-16-8-6-4-3-5-7-9-16)47-15-38-17-10-19(29-13-27-20-21(24)25-12-26-22(20)29)41-18(17)11-39-45(34,35)43-46(36,37)42-44(31,32)33/h3-4,12-13,16-19H,5-11,14-15H2,1-2H3,(H,28,30)(H,34,35)(H,36,37)(H2,24,25,26)(H2,31,32,33)/b4-3+/t16?,17?,18-,19-/m1/s1. The number of aromatic nitrogens is 4. The van der Waals surface area contributed by atoms with Crippen molar-refractivity contribution < 1.29 is 65.4 Å². The molecule has 1 aliphatic carbocycles. The molecule has 1 aliphatic heterocycles. The first-order valence-electron chi connectivity index (χ1n) is 14.4. The van der Waals surface area contributed by atoms with Crippen LogP contribution in [0.25, 0.3) is 11.2 Å². The number of imidazole rings is 1. The fourth-order valence-corrected chi connectivity index (χ4v) is 10.1. The summed E-state index contributed by atoms with van der Waals surface area (Å²) in [5.41, 5.74) is 6.55. The highest BCUT2D eigenvalue weighted by molar-refractivity contribution is 8.93. The Balaban J connectivity index is 1.36. The van der Waals surface area contributed by atoms with Crippen LogP contribution in [0.15, 0.2) is 24.8 Å². The number of nitrogens with two attached hydrogens (primary N) is 1. The van der Waals surface area contributed by atoms with Gasteiger partial charge in [0.15, 0.2) is 11.5 Å². The molecular weight excluding hydrogens is 741 g/mol. The van der Waals surface area contributed by atoms with Gasteiger partial charge in [-0.25, -0.2) is 33.4 Å². The highest BCUT2D eigenvalue weighted by atomic mass is 33.2. The number of nitrogens with zero attached hydrogens (tertiary/aromatic N) is 4. The van der Waals surface area contributed by atoms with Crippen molar-refractivity contribution in [3.05, 3.63) is 24.8 Å². The van der Waals surface area contributed by atoms with Crippen LogP contribution in [0.5, 0.6) is 0 Å². The Morgan fingerprint density at radius 3 is 2.60 bits per heavy atom. The smallest absolute Gasteiger partial charge is 0.446 e. The summed E-state index contributed by atoms with van der Waals surface area (Å²) >= 11 is 0. The molecule has 0 bridgehead atoms. The summed E-state index contributed by atoms with van der Waals surface area (Å²) in [6, 6.07) is 0. The lowest BCUT2D eigenvalue weighted by atomic mass is 10.0. The second-order valence-corrected chi connectivity index (χ2v) is 22.5. The van der Waals surface area contributed by atoms with Gasteiger partial charge >= 0.3 is 29.6 Å². The van der Waals surface area contributed by atoms with E-state index in [0.29, 0.717) is 17.0 Å². The van der Waals surface area contributed by atoms with E-state index in [1.807, 2.05) is 12.5 Å². The number of rotatable bonds is 15. The minimum Gasteiger partial charge on any atom is -0.446 e. The summed E-state index contributed by atoms with van der Waals surface area (Å²) in [5.74, 6) is 0.587. The normalized spacial score (nSPS) is 25.8. The largest absolute Gasteiger partial charge is 0.490 e. The summed E-state index contributed by atoms with van der Waals surface area (Å²) in [6.45, 7) is -0.722. The van der Waals surface area contributed by atoms with Crippen LogP contribution < -0.4 is 11.1 Å². The number of nitrogens with one attached hydrogen (secondary N) is 1. The van der Waals surface area contributed by atoms with E-state index in [2.05, 4.69) is 41.0 Å². The van der Waals surface area contributed by atoms with Crippen molar-refractivity contribution in [2.45, 2.75) is 63.1 Å². The van der Waals surface area contributed by atoms with Crippen molar-refractivity contribution in [3.8, 4) is 0 Å². The van der Waals surface area contributed by atoms with E-state index in [9.17, 15) is 28.3 Å². The Bertz CT molecular complexity index is 1590. The quantitative estimate of drug-likeness (QED) is 0.0650. The number of alkyl carbamates (subject to hydrolysis) is 1. The maximum absolute atomic E-state index is 12.5. The van der Waals surface area contributed by atoms with E-state index in [-0.39, 0.29) is 24.3 Å². The van der Waals surface area contributed by atoms with Gasteiger partial charge in [-0.05, 0) is 44.6 Å². The SMILES string of the molecule is CS(C)(CNC(=O)OC1CC/C=C/CCC1)SCOC1C[C@H](n2cnc3c(N)ncnc32)O[C@@H]1COP(=O)(O)OP(=O)(O)OP(=O)(O)O. The van der Waals surface area contributed by atoms with Crippen LogP contribution in [0.2, 0.25) is 0 Å². The van der Waals surface area contributed by atoms with Gasteiger partial charge in [0.2, 0.25) is 0 Å². The van der Waals surface area contributed by atoms with Crippen molar-refractivity contribution in [2.24, 2.45) is 0 Å². The molecule has 0 spiro atoms. The molecule has 0 aromatic carbocycles. The fourth-order valence-electron chi connectivity index (χ4n) is 4.70. The van der Waals surface area contributed by atoms with E-state index < -0.39 is 63.7 Å². The molecule has 272 valence electrons. The fraction of sp³-hybridized carbons (Fsp3) is 0.652. The molecule has 6 atom stereocenters. The summed E-state index contributed by atoms with van der Waals surface area (Å²) in [6.07, 6.45) is 12.1. The van der Waals surface area contributed by atoms with E-state index in [0.717, 1.165) is 32.1 Å². The number of ether oxygens (including phenoxy) is 3. The topological polar surface area (TPSA) is 286 Å². The molecule has 1 saturated heterocycles. The second-order valence-electron chi connectivity index (χ2n) is 11.0. The number of hydrogen-bond donors (Lipinski definition) is 6. The summed E-state index contributed by atoms with van der Waals surface area (Å²) < 4.78 is 66.8. The lowest BCUT2D eigenvalue weighted by molar-refractivity contribution is -0.0522. The molecule has 0 radical (unpaired) electrons. The van der Waals surface area contributed by atoms with Crippen LogP contribution in [0, 0.1) is 0 Å². The number of fused-ring (bicyclic) bond motifs is 1. The van der Waals surface area contributed by atoms with Crippen LogP contribution in [0.1, 0.15) is 44.8 Å². The number of amides is 1.